The van der Waals surface area contributed by atoms with Gasteiger partial charge in [-0.3, -0.25) is 14.5 Å². The summed E-state index contributed by atoms with van der Waals surface area (Å²) in [6.07, 6.45) is 2.89. The number of fused-ring (bicyclic) bond motifs is 2. The molecule has 0 spiro atoms. The van der Waals surface area contributed by atoms with Gasteiger partial charge in [-0.2, -0.15) is 0 Å². The van der Waals surface area contributed by atoms with Crippen molar-refractivity contribution in [2.75, 3.05) is 13.1 Å². The molecule has 24 heavy (non-hydrogen) atoms. The van der Waals surface area contributed by atoms with Gasteiger partial charge in [-0.05, 0) is 37.3 Å². The second-order valence-corrected chi connectivity index (χ2v) is 7.08. The molecule has 3 aliphatic rings. The molecule has 4 rings (SSSR count). The zero-order valence-corrected chi connectivity index (χ0v) is 13.6. The Labute approximate surface area is 140 Å². The third-order valence-corrected chi connectivity index (χ3v) is 5.31. The van der Waals surface area contributed by atoms with E-state index in [0.717, 1.165) is 19.4 Å². The van der Waals surface area contributed by atoms with E-state index >= 15 is 0 Å². The highest BCUT2D eigenvalue weighted by molar-refractivity contribution is 6.20. The van der Waals surface area contributed by atoms with Crippen molar-refractivity contribution in [3.63, 3.8) is 0 Å². The molecular formula is C18H20N2O4. The van der Waals surface area contributed by atoms with E-state index in [9.17, 15) is 14.4 Å². The van der Waals surface area contributed by atoms with Crippen molar-refractivity contribution in [1.82, 2.24) is 9.96 Å². The molecule has 0 bridgehead atoms. The standard InChI is InChI=1S/C18H20N2O4/c1-11-8-13-7-6-12(10-19(13)9-11)18(23)24-20-16(21)14-4-2-3-5-15(14)17(20)22/h2-5,11-13H,6-10H2,1H3. The Morgan fingerprint density at radius 1 is 1.08 bits per heavy atom. The Morgan fingerprint density at radius 2 is 1.75 bits per heavy atom. The molecule has 0 saturated carbocycles. The van der Waals surface area contributed by atoms with Crippen LogP contribution in [0.3, 0.4) is 0 Å². The second kappa shape index (κ2) is 5.70. The number of piperidine rings is 1. The number of nitrogens with zero attached hydrogens (tertiary/aromatic N) is 2. The highest BCUT2D eigenvalue weighted by atomic mass is 16.7. The van der Waals surface area contributed by atoms with Gasteiger partial charge in [0.2, 0.25) is 0 Å². The molecule has 1 aromatic carbocycles. The Balaban J connectivity index is 1.44. The summed E-state index contributed by atoms with van der Waals surface area (Å²) < 4.78 is 0. The minimum Gasteiger partial charge on any atom is -0.329 e. The lowest BCUT2D eigenvalue weighted by atomic mass is 9.93. The number of imide groups is 1. The average Bonchev–Trinajstić information content (AvgIpc) is 3.07. The van der Waals surface area contributed by atoms with Crippen LogP contribution in [0.1, 0.15) is 46.9 Å². The van der Waals surface area contributed by atoms with Gasteiger partial charge in [0.05, 0.1) is 17.0 Å². The Morgan fingerprint density at radius 3 is 2.42 bits per heavy atom. The van der Waals surface area contributed by atoms with Crippen LogP contribution in [0.25, 0.3) is 0 Å². The number of hydroxylamine groups is 2. The third kappa shape index (κ3) is 2.41. The molecule has 6 heteroatoms. The molecule has 0 aromatic heterocycles. The minimum atomic E-state index is -0.563. The van der Waals surface area contributed by atoms with Gasteiger partial charge in [-0.15, -0.1) is 0 Å². The fraction of sp³-hybridized carbons (Fsp3) is 0.500. The maximum atomic E-state index is 12.5. The van der Waals surface area contributed by atoms with E-state index in [2.05, 4.69) is 11.8 Å². The molecular weight excluding hydrogens is 308 g/mol. The zero-order chi connectivity index (χ0) is 16.8. The molecule has 2 fully saturated rings. The quantitative estimate of drug-likeness (QED) is 0.775. The van der Waals surface area contributed by atoms with E-state index in [-0.39, 0.29) is 17.0 Å². The van der Waals surface area contributed by atoms with Gasteiger partial charge in [0.1, 0.15) is 0 Å². The topological polar surface area (TPSA) is 66.9 Å². The third-order valence-electron chi connectivity index (χ3n) is 5.31. The summed E-state index contributed by atoms with van der Waals surface area (Å²) in [6.45, 7) is 3.88. The summed E-state index contributed by atoms with van der Waals surface area (Å²) in [5.41, 5.74) is 0.569. The van der Waals surface area contributed by atoms with Crippen molar-refractivity contribution in [2.45, 2.75) is 32.2 Å². The van der Waals surface area contributed by atoms with Crippen LogP contribution in [0.5, 0.6) is 0 Å². The second-order valence-electron chi connectivity index (χ2n) is 7.08. The van der Waals surface area contributed by atoms with Crippen LogP contribution in [0, 0.1) is 11.8 Å². The predicted molar refractivity (Wildman–Crippen MR) is 84.9 cm³/mol. The van der Waals surface area contributed by atoms with Gasteiger partial charge in [0.25, 0.3) is 11.8 Å². The monoisotopic (exact) mass is 328 g/mol. The van der Waals surface area contributed by atoms with Gasteiger partial charge in [0.15, 0.2) is 0 Å². The zero-order valence-electron chi connectivity index (χ0n) is 13.6. The van der Waals surface area contributed by atoms with E-state index in [1.54, 1.807) is 24.3 Å². The number of carbonyl (C=O) groups is 3. The Kier molecular flexibility index (Phi) is 3.64. The Hall–Kier alpha value is -2.21. The molecule has 3 unspecified atom stereocenters. The number of hydrogen-bond donors (Lipinski definition) is 0. The minimum absolute atomic E-state index is 0.282. The van der Waals surface area contributed by atoms with Gasteiger partial charge >= 0.3 is 5.97 Å². The molecule has 0 N–H and O–H groups in total. The highest BCUT2D eigenvalue weighted by Gasteiger charge is 2.42. The van der Waals surface area contributed by atoms with Gasteiger partial charge in [-0.1, -0.05) is 24.1 Å². The first-order valence-electron chi connectivity index (χ1n) is 8.48. The number of amides is 2. The first-order valence-corrected chi connectivity index (χ1v) is 8.48. The molecule has 2 saturated heterocycles. The summed E-state index contributed by atoms with van der Waals surface area (Å²) in [6, 6.07) is 7.07. The lowest BCUT2D eigenvalue weighted by molar-refractivity contribution is -0.175. The summed E-state index contributed by atoms with van der Waals surface area (Å²) in [4.78, 5) is 44.5. The maximum Gasteiger partial charge on any atom is 0.337 e. The van der Waals surface area contributed by atoms with Crippen LogP contribution in [0.15, 0.2) is 24.3 Å². The number of carbonyl (C=O) groups excluding carboxylic acids is 3. The predicted octanol–water partition coefficient (Wildman–Crippen LogP) is 1.86. The molecule has 1 aromatic rings. The molecule has 0 radical (unpaired) electrons. The SMILES string of the molecule is CC1CC2CCC(C(=O)ON3C(=O)c4ccccc4C3=O)CN2C1. The Bertz CT molecular complexity index is 682. The normalized spacial score (nSPS) is 29.5. The molecule has 3 atom stereocenters. The van der Waals surface area contributed by atoms with E-state index in [0.29, 0.717) is 23.6 Å². The summed E-state index contributed by atoms with van der Waals surface area (Å²) >= 11 is 0. The lowest BCUT2D eigenvalue weighted by Crippen LogP contribution is -2.44. The van der Waals surface area contributed by atoms with Crippen molar-refractivity contribution in [3.05, 3.63) is 35.4 Å². The lowest BCUT2D eigenvalue weighted by Gasteiger charge is -2.33. The fourth-order valence-electron chi connectivity index (χ4n) is 4.14. The van der Waals surface area contributed by atoms with Crippen LogP contribution in [-0.2, 0) is 9.63 Å². The summed E-state index contributed by atoms with van der Waals surface area (Å²) in [5, 5.41) is 0.617. The summed E-state index contributed by atoms with van der Waals surface area (Å²) in [7, 11) is 0. The van der Waals surface area contributed by atoms with Gasteiger partial charge in [-0.25, -0.2) is 4.79 Å². The molecule has 3 heterocycles. The first kappa shape index (κ1) is 15.3. The van der Waals surface area contributed by atoms with Crippen molar-refractivity contribution in [1.29, 1.82) is 0 Å². The van der Waals surface area contributed by atoms with Crippen molar-refractivity contribution in [2.24, 2.45) is 11.8 Å². The molecule has 126 valence electrons. The van der Waals surface area contributed by atoms with E-state index in [1.807, 2.05) is 0 Å². The van der Waals surface area contributed by atoms with Crippen molar-refractivity contribution < 1.29 is 19.2 Å². The molecule has 2 amide bonds. The van der Waals surface area contributed by atoms with Gasteiger partial charge in [0, 0.05) is 19.1 Å². The van der Waals surface area contributed by atoms with E-state index in [4.69, 9.17) is 4.84 Å². The highest BCUT2D eigenvalue weighted by Crippen LogP contribution is 2.33. The first-order chi connectivity index (χ1) is 11.5. The molecule has 3 aliphatic heterocycles. The van der Waals surface area contributed by atoms with Crippen LogP contribution in [-0.4, -0.2) is 46.9 Å². The number of rotatable bonds is 2. The van der Waals surface area contributed by atoms with Crippen molar-refractivity contribution in [3.8, 4) is 0 Å². The molecule has 0 aliphatic carbocycles. The fourth-order valence-corrected chi connectivity index (χ4v) is 4.14. The molecule has 6 nitrogen and oxygen atoms in total. The number of hydrogen-bond acceptors (Lipinski definition) is 5. The van der Waals surface area contributed by atoms with Crippen molar-refractivity contribution >= 4 is 17.8 Å². The van der Waals surface area contributed by atoms with Crippen LogP contribution >= 0.6 is 0 Å². The van der Waals surface area contributed by atoms with Crippen LogP contribution in [0.2, 0.25) is 0 Å². The summed E-state index contributed by atoms with van der Waals surface area (Å²) in [5.74, 6) is -1.24. The van der Waals surface area contributed by atoms with Gasteiger partial charge < -0.3 is 4.84 Å². The van der Waals surface area contributed by atoms with E-state index < -0.39 is 17.8 Å². The van der Waals surface area contributed by atoms with Crippen LogP contribution in [0.4, 0.5) is 0 Å². The average molecular weight is 328 g/mol. The largest absolute Gasteiger partial charge is 0.337 e. The number of benzene rings is 1. The van der Waals surface area contributed by atoms with Crippen LogP contribution < -0.4 is 0 Å². The smallest absolute Gasteiger partial charge is 0.329 e. The maximum absolute atomic E-state index is 12.5. The van der Waals surface area contributed by atoms with E-state index in [1.165, 1.54) is 6.42 Å².